The Labute approximate surface area is 97.2 Å². The zero-order chi connectivity index (χ0) is 11.0. The van der Waals surface area contributed by atoms with Crippen LogP contribution in [0.1, 0.15) is 61.7 Å². The first-order valence-corrected chi connectivity index (χ1v) is 6.61. The van der Waals surface area contributed by atoms with Crippen molar-refractivity contribution < 1.29 is 0 Å². The molecule has 1 saturated heterocycles. The zero-order valence-electron chi connectivity index (χ0n) is 10.1. The minimum Gasteiger partial charge on any atom is -0.309 e. The third-order valence-corrected chi connectivity index (χ3v) is 4.07. The minimum absolute atomic E-state index is 0.525. The highest BCUT2D eigenvalue weighted by atomic mass is 15.3. The van der Waals surface area contributed by atoms with Gasteiger partial charge in [0.1, 0.15) is 0 Å². The number of aromatic nitrogens is 2. The van der Waals surface area contributed by atoms with Crippen molar-refractivity contribution in [1.29, 1.82) is 0 Å². The lowest BCUT2D eigenvalue weighted by atomic mass is 9.95. The molecule has 1 N–H and O–H groups in total. The Morgan fingerprint density at radius 1 is 1.25 bits per heavy atom. The first-order valence-electron chi connectivity index (χ1n) is 6.61. The van der Waals surface area contributed by atoms with Crippen LogP contribution in [0.5, 0.6) is 0 Å². The minimum atomic E-state index is 0.525. The van der Waals surface area contributed by atoms with E-state index in [-0.39, 0.29) is 0 Å². The summed E-state index contributed by atoms with van der Waals surface area (Å²) in [5.41, 5.74) is 2.87. The highest BCUT2D eigenvalue weighted by molar-refractivity contribution is 5.26. The second-order valence-electron chi connectivity index (χ2n) is 5.27. The summed E-state index contributed by atoms with van der Waals surface area (Å²) < 4.78 is 2.00. The zero-order valence-corrected chi connectivity index (χ0v) is 10.1. The van der Waals surface area contributed by atoms with Gasteiger partial charge in [0.15, 0.2) is 0 Å². The number of nitrogens with one attached hydrogen (secondary N) is 1. The van der Waals surface area contributed by atoms with Gasteiger partial charge in [0.25, 0.3) is 0 Å². The Hall–Kier alpha value is -0.830. The standard InChI is InChI=1S/C13H21N3/c1-16-9-11(10-5-2-3-6-10)13(15-16)12-7-4-8-14-12/h9-10,12,14H,2-8H2,1H3. The van der Waals surface area contributed by atoms with Crippen LogP contribution in [0.2, 0.25) is 0 Å². The van der Waals surface area contributed by atoms with Crippen molar-refractivity contribution in [1.82, 2.24) is 15.1 Å². The molecule has 1 aromatic rings. The van der Waals surface area contributed by atoms with Crippen LogP contribution in [0.25, 0.3) is 0 Å². The van der Waals surface area contributed by atoms with Gasteiger partial charge in [0.2, 0.25) is 0 Å². The third kappa shape index (κ3) is 1.77. The van der Waals surface area contributed by atoms with Crippen LogP contribution in [0.3, 0.4) is 0 Å². The second-order valence-corrected chi connectivity index (χ2v) is 5.27. The molecule has 3 heteroatoms. The van der Waals surface area contributed by atoms with Crippen LogP contribution in [0, 0.1) is 0 Å². The van der Waals surface area contributed by atoms with Gasteiger partial charge in [0, 0.05) is 13.2 Å². The molecule has 3 nitrogen and oxygen atoms in total. The van der Waals surface area contributed by atoms with Crippen molar-refractivity contribution in [2.45, 2.75) is 50.5 Å². The fourth-order valence-electron chi connectivity index (χ4n) is 3.26. The van der Waals surface area contributed by atoms with Gasteiger partial charge < -0.3 is 5.32 Å². The molecular formula is C13H21N3. The van der Waals surface area contributed by atoms with E-state index in [9.17, 15) is 0 Å². The summed E-state index contributed by atoms with van der Waals surface area (Å²) in [6, 6.07) is 0.525. The van der Waals surface area contributed by atoms with Crippen molar-refractivity contribution in [3.8, 4) is 0 Å². The average Bonchev–Trinajstić information content (AvgIpc) is 2.98. The molecule has 0 radical (unpaired) electrons. The monoisotopic (exact) mass is 219 g/mol. The van der Waals surface area contributed by atoms with Crippen molar-refractivity contribution >= 4 is 0 Å². The molecule has 0 spiro atoms. The predicted molar refractivity (Wildman–Crippen MR) is 64.4 cm³/mol. The molecule has 1 saturated carbocycles. The van der Waals surface area contributed by atoms with E-state index >= 15 is 0 Å². The highest BCUT2D eigenvalue weighted by Crippen LogP contribution is 2.38. The van der Waals surface area contributed by atoms with Crippen LogP contribution >= 0.6 is 0 Å². The van der Waals surface area contributed by atoms with E-state index < -0.39 is 0 Å². The molecule has 16 heavy (non-hydrogen) atoms. The lowest BCUT2D eigenvalue weighted by Gasteiger charge is -2.13. The van der Waals surface area contributed by atoms with E-state index in [2.05, 4.69) is 18.6 Å². The Kier molecular flexibility index (Phi) is 2.72. The van der Waals surface area contributed by atoms with E-state index in [1.807, 2.05) is 4.68 Å². The molecule has 2 fully saturated rings. The first kappa shape index (κ1) is 10.3. The van der Waals surface area contributed by atoms with Gasteiger partial charge in [-0.1, -0.05) is 12.8 Å². The molecule has 1 unspecified atom stereocenters. The molecule has 1 aliphatic heterocycles. The van der Waals surface area contributed by atoms with Crippen LogP contribution in [0.4, 0.5) is 0 Å². The second kappa shape index (κ2) is 4.21. The summed E-state index contributed by atoms with van der Waals surface area (Å²) in [5.74, 6) is 0.783. The van der Waals surface area contributed by atoms with Crippen LogP contribution < -0.4 is 5.32 Å². The normalized spacial score (nSPS) is 26.7. The summed E-state index contributed by atoms with van der Waals surface area (Å²) in [7, 11) is 2.05. The summed E-state index contributed by atoms with van der Waals surface area (Å²) in [6.45, 7) is 1.16. The topological polar surface area (TPSA) is 29.9 Å². The molecule has 3 rings (SSSR count). The van der Waals surface area contributed by atoms with E-state index in [1.54, 1.807) is 0 Å². The van der Waals surface area contributed by atoms with Crippen molar-refractivity contribution in [3.05, 3.63) is 17.5 Å². The van der Waals surface area contributed by atoms with Crippen molar-refractivity contribution in [2.24, 2.45) is 7.05 Å². The Morgan fingerprint density at radius 3 is 2.75 bits per heavy atom. The molecule has 2 heterocycles. The van der Waals surface area contributed by atoms with Gasteiger partial charge >= 0.3 is 0 Å². The van der Waals surface area contributed by atoms with Gasteiger partial charge in [-0.15, -0.1) is 0 Å². The van der Waals surface area contributed by atoms with Crippen molar-refractivity contribution in [3.63, 3.8) is 0 Å². The van der Waals surface area contributed by atoms with Crippen LogP contribution in [0.15, 0.2) is 6.20 Å². The van der Waals surface area contributed by atoms with Gasteiger partial charge in [-0.05, 0) is 43.7 Å². The smallest absolute Gasteiger partial charge is 0.0828 e. The molecule has 1 aliphatic carbocycles. The molecule has 0 bridgehead atoms. The predicted octanol–water partition coefficient (Wildman–Crippen LogP) is 2.50. The maximum atomic E-state index is 4.69. The third-order valence-electron chi connectivity index (χ3n) is 4.07. The fourth-order valence-corrected chi connectivity index (χ4v) is 3.26. The van der Waals surface area contributed by atoms with Gasteiger partial charge in [-0.3, -0.25) is 4.68 Å². The molecule has 88 valence electrons. The number of rotatable bonds is 2. The fraction of sp³-hybridized carbons (Fsp3) is 0.769. The number of nitrogens with zero attached hydrogens (tertiary/aromatic N) is 2. The SMILES string of the molecule is Cn1cc(C2CCCC2)c(C2CCCN2)n1. The lowest BCUT2D eigenvalue weighted by Crippen LogP contribution is -2.15. The van der Waals surface area contributed by atoms with Gasteiger partial charge in [-0.2, -0.15) is 5.10 Å². The maximum Gasteiger partial charge on any atom is 0.0828 e. The summed E-state index contributed by atoms with van der Waals surface area (Å²) in [6.07, 6.45) is 10.3. The van der Waals surface area contributed by atoms with Gasteiger partial charge in [-0.25, -0.2) is 0 Å². The molecule has 0 amide bonds. The van der Waals surface area contributed by atoms with Gasteiger partial charge in [0.05, 0.1) is 11.7 Å². The lowest BCUT2D eigenvalue weighted by molar-refractivity contribution is 0.593. The Morgan fingerprint density at radius 2 is 2.06 bits per heavy atom. The summed E-state index contributed by atoms with van der Waals surface area (Å²) in [5, 5.41) is 8.27. The highest BCUT2D eigenvalue weighted by Gasteiger charge is 2.27. The molecule has 1 aromatic heterocycles. The Bertz CT molecular complexity index is 324. The quantitative estimate of drug-likeness (QED) is 0.828. The number of aryl methyl sites for hydroxylation is 1. The van der Waals surface area contributed by atoms with E-state index in [1.165, 1.54) is 49.8 Å². The number of hydrogen-bond donors (Lipinski definition) is 1. The first-order chi connectivity index (χ1) is 7.84. The molecule has 0 aromatic carbocycles. The summed E-state index contributed by atoms with van der Waals surface area (Å²) in [4.78, 5) is 0. The van der Waals surface area contributed by atoms with E-state index in [0.29, 0.717) is 6.04 Å². The van der Waals surface area contributed by atoms with Crippen molar-refractivity contribution in [2.75, 3.05) is 6.54 Å². The molecular weight excluding hydrogens is 198 g/mol. The van der Waals surface area contributed by atoms with Crippen LogP contribution in [-0.2, 0) is 7.05 Å². The maximum absolute atomic E-state index is 4.69. The molecule has 1 atom stereocenters. The average molecular weight is 219 g/mol. The Balaban J connectivity index is 1.90. The van der Waals surface area contributed by atoms with E-state index in [0.717, 1.165) is 12.5 Å². The largest absolute Gasteiger partial charge is 0.309 e. The summed E-state index contributed by atoms with van der Waals surface area (Å²) >= 11 is 0. The van der Waals surface area contributed by atoms with E-state index in [4.69, 9.17) is 5.10 Å². The van der Waals surface area contributed by atoms with Crippen LogP contribution in [-0.4, -0.2) is 16.3 Å². The number of hydrogen-bond acceptors (Lipinski definition) is 2. The molecule has 2 aliphatic rings.